The van der Waals surface area contributed by atoms with Crippen LogP contribution in [0.5, 0.6) is 0 Å². The monoisotopic (exact) mass is 553 g/mol. The van der Waals surface area contributed by atoms with E-state index < -0.39 is 12.0 Å². The number of anilines is 1. The van der Waals surface area contributed by atoms with E-state index in [1.165, 1.54) is 11.9 Å². The molecule has 0 bridgehead atoms. The summed E-state index contributed by atoms with van der Waals surface area (Å²) >= 11 is 1.88. The Labute approximate surface area is 233 Å². The largest absolute Gasteiger partial charge is 0.382 e. The molecule has 0 amide bonds. The van der Waals surface area contributed by atoms with Gasteiger partial charge in [-0.15, -0.1) is 0 Å². The zero-order valence-corrected chi connectivity index (χ0v) is 24.2. The first-order chi connectivity index (χ1) is 18.5. The molecule has 0 spiro atoms. The molecule has 1 aromatic carbocycles. The number of thioether (sulfide) groups is 1. The molecule has 3 aromatic heterocycles. The van der Waals surface area contributed by atoms with Crippen molar-refractivity contribution in [2.24, 2.45) is 0 Å². The van der Waals surface area contributed by atoms with Gasteiger partial charge < -0.3 is 25.3 Å². The maximum atomic E-state index is 10.3. The van der Waals surface area contributed by atoms with E-state index >= 15 is 0 Å². The van der Waals surface area contributed by atoms with E-state index in [0.29, 0.717) is 23.4 Å². The van der Waals surface area contributed by atoms with Crippen molar-refractivity contribution in [1.29, 1.82) is 0 Å². The Morgan fingerprint density at radius 2 is 2.00 bits per heavy atom. The summed E-state index contributed by atoms with van der Waals surface area (Å²) in [6, 6.07) is 6.51. The quantitative estimate of drug-likeness (QED) is 0.188. The molecule has 5 rings (SSSR count). The number of fused-ring (bicyclic) bond motifs is 2. The third kappa shape index (κ3) is 6.54. The van der Waals surface area contributed by atoms with Gasteiger partial charge in [-0.3, -0.25) is 4.57 Å². The highest BCUT2D eigenvalue weighted by Crippen LogP contribution is 2.36. The van der Waals surface area contributed by atoms with Gasteiger partial charge >= 0.3 is 0 Å². The predicted molar refractivity (Wildman–Crippen MR) is 154 cm³/mol. The van der Waals surface area contributed by atoms with E-state index in [2.05, 4.69) is 58.9 Å². The van der Waals surface area contributed by atoms with Crippen molar-refractivity contribution in [2.45, 2.75) is 89.9 Å². The molecule has 3 atom stereocenters. The Bertz CT molecular complexity index is 1420. The number of aromatic amines is 1. The van der Waals surface area contributed by atoms with Gasteiger partial charge in [-0.05, 0) is 55.6 Å². The van der Waals surface area contributed by atoms with Crippen LogP contribution in [0.3, 0.4) is 0 Å². The summed E-state index contributed by atoms with van der Waals surface area (Å²) in [6.45, 7) is 9.94. The van der Waals surface area contributed by atoms with Gasteiger partial charge in [0, 0.05) is 18.6 Å². The van der Waals surface area contributed by atoms with Gasteiger partial charge in [0.2, 0.25) is 0 Å². The SMILES string of the molecule is CC(C)(O)OC1CC(CSCCCCc2nc3ccc(C(C)(C)C)cc3[nH]2)OC1n1cnc2c(N)ncnc21. The predicted octanol–water partition coefficient (Wildman–Crippen LogP) is 4.74. The van der Waals surface area contributed by atoms with Gasteiger partial charge in [0.1, 0.15) is 23.8 Å². The zero-order chi connectivity index (χ0) is 27.8. The molecule has 10 nitrogen and oxygen atoms in total. The van der Waals surface area contributed by atoms with Crippen LogP contribution in [0.4, 0.5) is 5.82 Å². The van der Waals surface area contributed by atoms with Crippen molar-refractivity contribution in [3.05, 3.63) is 42.2 Å². The summed E-state index contributed by atoms with van der Waals surface area (Å²) in [5, 5.41) is 10.3. The van der Waals surface area contributed by atoms with Crippen LogP contribution in [-0.2, 0) is 21.3 Å². The van der Waals surface area contributed by atoms with Crippen LogP contribution in [0, 0.1) is 0 Å². The molecular formula is C28H39N7O3S. The summed E-state index contributed by atoms with van der Waals surface area (Å²) in [7, 11) is 0. The fourth-order valence-corrected chi connectivity index (χ4v) is 6.01. The van der Waals surface area contributed by atoms with Crippen molar-refractivity contribution in [3.63, 3.8) is 0 Å². The zero-order valence-electron chi connectivity index (χ0n) is 23.3. The molecule has 1 aliphatic rings. The lowest BCUT2D eigenvalue weighted by atomic mass is 9.87. The minimum Gasteiger partial charge on any atom is -0.382 e. The topological polar surface area (TPSA) is 137 Å². The normalized spacial score (nSPS) is 20.4. The van der Waals surface area contributed by atoms with Gasteiger partial charge in [0.15, 0.2) is 23.5 Å². The first-order valence-electron chi connectivity index (χ1n) is 13.5. The molecule has 4 heterocycles. The number of aromatic nitrogens is 6. The third-order valence-electron chi connectivity index (χ3n) is 6.90. The Morgan fingerprint density at radius 1 is 1.18 bits per heavy atom. The number of aryl methyl sites for hydroxylation is 1. The highest BCUT2D eigenvalue weighted by atomic mass is 32.2. The van der Waals surface area contributed by atoms with Gasteiger partial charge in [-0.1, -0.05) is 26.8 Å². The number of nitrogens with one attached hydrogen (secondary N) is 1. The van der Waals surface area contributed by atoms with Crippen LogP contribution in [0.2, 0.25) is 0 Å². The van der Waals surface area contributed by atoms with Crippen LogP contribution in [-0.4, -0.2) is 64.1 Å². The van der Waals surface area contributed by atoms with Crippen LogP contribution in [0.15, 0.2) is 30.9 Å². The van der Waals surface area contributed by atoms with E-state index in [-0.39, 0.29) is 17.6 Å². The van der Waals surface area contributed by atoms with Crippen molar-refractivity contribution in [2.75, 3.05) is 17.2 Å². The highest BCUT2D eigenvalue weighted by Gasteiger charge is 2.40. The highest BCUT2D eigenvalue weighted by molar-refractivity contribution is 7.99. The third-order valence-corrected chi connectivity index (χ3v) is 8.08. The molecule has 1 fully saturated rings. The average molecular weight is 554 g/mol. The number of nitrogens with two attached hydrogens (primary N) is 1. The van der Waals surface area contributed by atoms with E-state index in [1.54, 1.807) is 20.2 Å². The first kappa shape index (κ1) is 27.8. The molecule has 4 N–H and O–H groups in total. The molecule has 4 aromatic rings. The van der Waals surface area contributed by atoms with E-state index in [1.807, 2.05) is 16.3 Å². The van der Waals surface area contributed by atoms with Gasteiger partial charge in [0.25, 0.3) is 0 Å². The molecule has 210 valence electrons. The van der Waals surface area contributed by atoms with Crippen molar-refractivity contribution < 1.29 is 14.6 Å². The second-order valence-electron chi connectivity index (χ2n) is 11.8. The molecule has 11 heteroatoms. The molecule has 3 unspecified atom stereocenters. The Balaban J connectivity index is 1.13. The van der Waals surface area contributed by atoms with E-state index in [9.17, 15) is 5.11 Å². The lowest BCUT2D eigenvalue weighted by molar-refractivity contribution is -0.222. The number of benzene rings is 1. The molecule has 1 saturated heterocycles. The van der Waals surface area contributed by atoms with Crippen LogP contribution in [0.1, 0.15) is 71.5 Å². The summed E-state index contributed by atoms with van der Waals surface area (Å²) < 4.78 is 14.2. The maximum Gasteiger partial charge on any atom is 0.167 e. The number of aliphatic hydroxyl groups is 1. The summed E-state index contributed by atoms with van der Waals surface area (Å²) in [5.74, 6) is 1.96. The lowest BCUT2D eigenvalue weighted by Gasteiger charge is -2.27. The number of nitrogens with zero attached hydrogens (tertiary/aromatic N) is 5. The number of nitrogen functional groups attached to an aromatic ring is 1. The lowest BCUT2D eigenvalue weighted by Crippen LogP contribution is -2.33. The summed E-state index contributed by atoms with van der Waals surface area (Å²) in [4.78, 5) is 21.0. The maximum absolute atomic E-state index is 10.3. The fraction of sp³-hybridized carbons (Fsp3) is 0.571. The second kappa shape index (κ2) is 11.0. The number of hydrogen-bond donors (Lipinski definition) is 3. The molecular weight excluding hydrogens is 514 g/mol. The minimum atomic E-state index is -1.29. The van der Waals surface area contributed by atoms with E-state index in [0.717, 1.165) is 47.6 Å². The molecule has 0 radical (unpaired) electrons. The number of hydrogen-bond acceptors (Lipinski definition) is 9. The Morgan fingerprint density at radius 3 is 2.77 bits per heavy atom. The van der Waals surface area contributed by atoms with Gasteiger partial charge in [-0.2, -0.15) is 11.8 Å². The van der Waals surface area contributed by atoms with Crippen molar-refractivity contribution in [1.82, 2.24) is 29.5 Å². The number of rotatable bonds is 10. The Kier molecular flexibility index (Phi) is 7.87. The molecule has 1 aliphatic heterocycles. The van der Waals surface area contributed by atoms with Crippen LogP contribution in [0.25, 0.3) is 22.2 Å². The molecule has 0 aliphatic carbocycles. The summed E-state index contributed by atoms with van der Waals surface area (Å²) in [5.41, 5.74) is 10.7. The number of ether oxygens (including phenoxy) is 2. The van der Waals surface area contributed by atoms with Crippen molar-refractivity contribution >= 4 is 39.8 Å². The molecule has 39 heavy (non-hydrogen) atoms. The van der Waals surface area contributed by atoms with E-state index in [4.69, 9.17) is 20.2 Å². The van der Waals surface area contributed by atoms with Gasteiger partial charge in [0.05, 0.1) is 23.5 Å². The average Bonchev–Trinajstić information content (AvgIpc) is 3.56. The van der Waals surface area contributed by atoms with Gasteiger partial charge in [-0.25, -0.2) is 19.9 Å². The number of unbranched alkanes of at least 4 members (excludes halogenated alkanes) is 1. The number of H-pyrrole nitrogens is 1. The van der Waals surface area contributed by atoms with Crippen LogP contribution >= 0.6 is 11.8 Å². The summed E-state index contributed by atoms with van der Waals surface area (Å²) in [6.07, 6.45) is 5.99. The first-order valence-corrected chi connectivity index (χ1v) is 14.7. The minimum absolute atomic E-state index is 0.0173. The number of imidazole rings is 2. The Hall–Kier alpha value is -2.73. The fourth-order valence-electron chi connectivity index (χ4n) is 4.96. The second-order valence-corrected chi connectivity index (χ2v) is 12.9. The standard InChI is InChI=1S/C28H39N7O3S/c1-27(2,3)17-9-10-19-20(12-17)34-22(33-19)8-6-7-11-39-14-18-13-21(38-28(4,5)36)26(37-18)35-16-32-23-24(29)30-15-31-25(23)35/h9-10,12,15-16,18,21,26,36H,6-8,11,13-14H2,1-5H3,(H,33,34)(H2,29,30,31). The molecule has 0 saturated carbocycles. The smallest absolute Gasteiger partial charge is 0.167 e. The van der Waals surface area contributed by atoms with Crippen LogP contribution < -0.4 is 5.73 Å². The van der Waals surface area contributed by atoms with Crippen molar-refractivity contribution in [3.8, 4) is 0 Å².